The molecule has 1 unspecified atom stereocenters. The highest BCUT2D eigenvalue weighted by Gasteiger charge is 2.17. The minimum absolute atomic E-state index is 0.238. The number of benzene rings is 1. The van der Waals surface area contributed by atoms with Crippen molar-refractivity contribution in [1.82, 2.24) is 15.3 Å². The van der Waals surface area contributed by atoms with Crippen molar-refractivity contribution in [3.05, 3.63) is 48.3 Å². The molecule has 1 aromatic heterocycles. The molecule has 1 saturated heterocycles. The van der Waals surface area contributed by atoms with Crippen LogP contribution in [-0.4, -0.2) is 23.1 Å². The number of nitrogens with zero attached hydrogens (tertiary/aromatic N) is 2. The van der Waals surface area contributed by atoms with Crippen molar-refractivity contribution in [3.63, 3.8) is 0 Å². The lowest BCUT2D eigenvalue weighted by atomic mass is 9.99. The van der Waals surface area contributed by atoms with Crippen LogP contribution in [0.5, 0.6) is 0 Å². The molecule has 0 bridgehead atoms. The van der Waals surface area contributed by atoms with Crippen molar-refractivity contribution in [2.45, 2.75) is 18.8 Å². The molecule has 1 atom stereocenters. The molecule has 1 fully saturated rings. The maximum atomic E-state index is 13.2. The van der Waals surface area contributed by atoms with Crippen LogP contribution in [0.3, 0.4) is 0 Å². The van der Waals surface area contributed by atoms with Gasteiger partial charge in [0.1, 0.15) is 11.6 Å². The summed E-state index contributed by atoms with van der Waals surface area (Å²) in [5.41, 5.74) is 1.67. The number of halogens is 1. The van der Waals surface area contributed by atoms with Gasteiger partial charge in [0.15, 0.2) is 0 Å². The molecule has 0 aliphatic carbocycles. The summed E-state index contributed by atoms with van der Waals surface area (Å²) in [4.78, 5) is 8.87. The van der Waals surface area contributed by atoms with E-state index in [1.165, 1.54) is 18.6 Å². The molecule has 1 aliphatic heterocycles. The predicted octanol–water partition coefficient (Wildman–Crippen LogP) is 2.75. The first-order chi connectivity index (χ1) is 9.33. The minimum atomic E-state index is -0.238. The van der Waals surface area contributed by atoms with Crippen molar-refractivity contribution in [3.8, 4) is 11.1 Å². The van der Waals surface area contributed by atoms with E-state index in [9.17, 15) is 4.39 Å². The van der Waals surface area contributed by atoms with Gasteiger partial charge < -0.3 is 5.32 Å². The van der Waals surface area contributed by atoms with E-state index in [0.717, 1.165) is 36.5 Å². The normalized spacial score (nSPS) is 19.3. The quantitative estimate of drug-likeness (QED) is 0.899. The Hall–Kier alpha value is -1.81. The maximum absolute atomic E-state index is 13.2. The second-order valence-electron chi connectivity index (χ2n) is 4.88. The summed E-state index contributed by atoms with van der Waals surface area (Å²) in [7, 11) is 0. The maximum Gasteiger partial charge on any atom is 0.132 e. The molecule has 0 saturated carbocycles. The van der Waals surface area contributed by atoms with Crippen LogP contribution in [0.25, 0.3) is 11.1 Å². The molecule has 2 aromatic rings. The molecular weight excluding hydrogens is 241 g/mol. The second kappa shape index (κ2) is 5.45. The highest BCUT2D eigenvalue weighted by Crippen LogP contribution is 2.22. The van der Waals surface area contributed by atoms with Crippen molar-refractivity contribution < 1.29 is 4.39 Å². The van der Waals surface area contributed by atoms with Crippen LogP contribution in [0.1, 0.15) is 24.6 Å². The standard InChI is InChI=1S/C15H16FN3/c16-14-5-1-3-11(7-14)13-9-18-15(19-10-13)12-4-2-6-17-8-12/h1,3,5,7,9-10,12,17H,2,4,6,8H2. The highest BCUT2D eigenvalue weighted by atomic mass is 19.1. The lowest BCUT2D eigenvalue weighted by Gasteiger charge is -2.21. The average Bonchev–Trinajstić information content (AvgIpc) is 2.48. The SMILES string of the molecule is Fc1cccc(-c2cnc(C3CCCNC3)nc2)c1. The molecule has 4 heteroatoms. The zero-order chi connectivity index (χ0) is 13.1. The first-order valence-electron chi connectivity index (χ1n) is 6.61. The summed E-state index contributed by atoms with van der Waals surface area (Å²) >= 11 is 0. The Morgan fingerprint density at radius 1 is 1.16 bits per heavy atom. The van der Waals surface area contributed by atoms with Crippen LogP contribution < -0.4 is 5.32 Å². The summed E-state index contributed by atoms with van der Waals surface area (Å²) in [5, 5.41) is 3.36. The number of rotatable bonds is 2. The smallest absolute Gasteiger partial charge is 0.132 e. The van der Waals surface area contributed by atoms with Gasteiger partial charge in [-0.3, -0.25) is 0 Å². The molecule has 1 aliphatic rings. The van der Waals surface area contributed by atoms with Gasteiger partial charge in [0.2, 0.25) is 0 Å². The van der Waals surface area contributed by atoms with Gasteiger partial charge in [0.05, 0.1) is 0 Å². The number of hydrogen-bond donors (Lipinski definition) is 1. The fraction of sp³-hybridized carbons (Fsp3) is 0.333. The number of hydrogen-bond acceptors (Lipinski definition) is 3. The third kappa shape index (κ3) is 2.79. The first kappa shape index (κ1) is 12.2. The van der Waals surface area contributed by atoms with E-state index >= 15 is 0 Å². The fourth-order valence-electron chi connectivity index (χ4n) is 2.44. The largest absolute Gasteiger partial charge is 0.316 e. The summed E-state index contributed by atoms with van der Waals surface area (Å²) in [6.45, 7) is 2.02. The van der Waals surface area contributed by atoms with Crippen LogP contribution in [0.15, 0.2) is 36.7 Å². The van der Waals surface area contributed by atoms with Gasteiger partial charge in [-0.15, -0.1) is 0 Å². The highest BCUT2D eigenvalue weighted by molar-refractivity contribution is 5.61. The molecule has 0 amide bonds. The first-order valence-corrected chi connectivity index (χ1v) is 6.61. The topological polar surface area (TPSA) is 37.8 Å². The molecule has 1 aromatic carbocycles. The molecule has 3 rings (SSSR count). The Bertz CT molecular complexity index is 548. The zero-order valence-corrected chi connectivity index (χ0v) is 10.6. The average molecular weight is 257 g/mol. The molecule has 2 heterocycles. The lowest BCUT2D eigenvalue weighted by Crippen LogP contribution is -2.29. The van der Waals surface area contributed by atoms with Gasteiger partial charge in [-0.05, 0) is 37.1 Å². The van der Waals surface area contributed by atoms with E-state index in [4.69, 9.17) is 0 Å². The molecular formula is C15H16FN3. The van der Waals surface area contributed by atoms with Crippen molar-refractivity contribution >= 4 is 0 Å². The van der Waals surface area contributed by atoms with Crippen molar-refractivity contribution in [2.75, 3.05) is 13.1 Å². The van der Waals surface area contributed by atoms with Gasteiger partial charge in [0, 0.05) is 30.4 Å². The molecule has 1 N–H and O–H groups in total. The molecule has 98 valence electrons. The number of nitrogens with one attached hydrogen (secondary N) is 1. The number of piperidine rings is 1. The van der Waals surface area contributed by atoms with E-state index < -0.39 is 0 Å². The van der Waals surface area contributed by atoms with Crippen LogP contribution >= 0.6 is 0 Å². The second-order valence-corrected chi connectivity index (χ2v) is 4.88. The third-order valence-corrected chi connectivity index (χ3v) is 3.49. The van der Waals surface area contributed by atoms with Gasteiger partial charge >= 0.3 is 0 Å². The minimum Gasteiger partial charge on any atom is -0.316 e. The molecule has 19 heavy (non-hydrogen) atoms. The van der Waals surface area contributed by atoms with E-state index in [-0.39, 0.29) is 5.82 Å². The van der Waals surface area contributed by atoms with Crippen LogP contribution in [0.2, 0.25) is 0 Å². The van der Waals surface area contributed by atoms with E-state index in [0.29, 0.717) is 5.92 Å². The van der Waals surface area contributed by atoms with Gasteiger partial charge in [-0.1, -0.05) is 12.1 Å². The summed E-state index contributed by atoms with van der Waals surface area (Å²) in [5.74, 6) is 1.04. The van der Waals surface area contributed by atoms with Gasteiger partial charge in [-0.2, -0.15) is 0 Å². The molecule has 0 radical (unpaired) electrons. The number of aromatic nitrogens is 2. The summed E-state index contributed by atoms with van der Waals surface area (Å²) in [6.07, 6.45) is 5.86. The van der Waals surface area contributed by atoms with Crippen LogP contribution in [0, 0.1) is 5.82 Å². The molecule has 3 nitrogen and oxygen atoms in total. The van der Waals surface area contributed by atoms with Gasteiger partial charge in [-0.25, -0.2) is 14.4 Å². The Kier molecular flexibility index (Phi) is 3.51. The van der Waals surface area contributed by atoms with Crippen LogP contribution in [0.4, 0.5) is 4.39 Å². The Balaban J connectivity index is 1.82. The van der Waals surface area contributed by atoms with Crippen molar-refractivity contribution in [1.29, 1.82) is 0 Å². The molecule has 0 spiro atoms. The van der Waals surface area contributed by atoms with E-state index in [1.807, 2.05) is 6.07 Å². The van der Waals surface area contributed by atoms with Crippen molar-refractivity contribution in [2.24, 2.45) is 0 Å². The summed E-state index contributed by atoms with van der Waals surface area (Å²) < 4.78 is 13.2. The Labute approximate surface area is 111 Å². The van der Waals surface area contributed by atoms with Gasteiger partial charge in [0.25, 0.3) is 0 Å². The van der Waals surface area contributed by atoms with E-state index in [2.05, 4.69) is 15.3 Å². The fourth-order valence-corrected chi connectivity index (χ4v) is 2.44. The monoisotopic (exact) mass is 257 g/mol. The lowest BCUT2D eigenvalue weighted by molar-refractivity contribution is 0.446. The summed E-state index contributed by atoms with van der Waals surface area (Å²) in [6, 6.07) is 6.50. The van der Waals surface area contributed by atoms with Crippen LogP contribution in [-0.2, 0) is 0 Å². The Morgan fingerprint density at radius 2 is 2.00 bits per heavy atom. The van der Waals surface area contributed by atoms with E-state index in [1.54, 1.807) is 18.5 Å². The Morgan fingerprint density at radius 3 is 2.68 bits per heavy atom. The third-order valence-electron chi connectivity index (χ3n) is 3.49. The zero-order valence-electron chi connectivity index (χ0n) is 10.6. The predicted molar refractivity (Wildman–Crippen MR) is 72.3 cm³/mol.